The van der Waals surface area contributed by atoms with Gasteiger partial charge in [-0.15, -0.1) is 12.4 Å². The summed E-state index contributed by atoms with van der Waals surface area (Å²) in [6, 6.07) is 20.9. The summed E-state index contributed by atoms with van der Waals surface area (Å²) >= 11 is 0. The summed E-state index contributed by atoms with van der Waals surface area (Å²) in [7, 11) is 0. The van der Waals surface area contributed by atoms with Crippen LogP contribution in [0.5, 0.6) is 0 Å². The number of likely N-dealkylation sites (tertiary alicyclic amines) is 1. The van der Waals surface area contributed by atoms with Crippen LogP contribution in [0.2, 0.25) is 0 Å². The number of carbonyl (C=O) groups excluding carboxylic acids is 1. The first-order valence-electron chi connectivity index (χ1n) is 10.6. The predicted octanol–water partition coefficient (Wildman–Crippen LogP) is 5.89. The molecule has 28 heavy (non-hydrogen) atoms. The summed E-state index contributed by atoms with van der Waals surface area (Å²) in [5.74, 6) is 0.537. The topological polar surface area (TPSA) is 20.3 Å². The average Bonchev–Trinajstić information content (AvgIpc) is 2.98. The first-order chi connectivity index (χ1) is 13.2. The molecule has 1 saturated heterocycles. The van der Waals surface area contributed by atoms with Gasteiger partial charge in [-0.05, 0) is 43.0 Å². The molecule has 0 aromatic heterocycles. The van der Waals surface area contributed by atoms with Gasteiger partial charge in [-0.25, -0.2) is 0 Å². The fraction of sp³-hybridized carbons (Fsp3) is 0.480. The van der Waals surface area contributed by atoms with Crippen molar-refractivity contribution in [2.24, 2.45) is 5.92 Å². The Balaban J connectivity index is 0.00000280. The molecule has 1 heterocycles. The summed E-state index contributed by atoms with van der Waals surface area (Å²) in [5, 5.41) is 0. The standard InChI is InChI=1S/C25H33NO.ClH/c1-3-24(27)25(22-14-8-6-9-15-22,23-16-10-7-11-17-23)21(2)20-26-18-12-4-5-13-19-26;/h6-11,14-17,21H,3-5,12-13,18-20H2,1-2H3;1H. The van der Waals surface area contributed by atoms with Crippen molar-refractivity contribution < 1.29 is 4.79 Å². The molecule has 1 aliphatic rings. The number of halogens is 1. The van der Waals surface area contributed by atoms with E-state index in [0.29, 0.717) is 12.2 Å². The molecule has 1 unspecified atom stereocenters. The van der Waals surface area contributed by atoms with E-state index >= 15 is 0 Å². The van der Waals surface area contributed by atoms with E-state index in [4.69, 9.17) is 0 Å². The number of Topliss-reactive ketones (excluding diaryl/α,β-unsaturated/α-hetero) is 1. The monoisotopic (exact) mass is 399 g/mol. The van der Waals surface area contributed by atoms with Gasteiger partial charge in [-0.1, -0.05) is 87.4 Å². The van der Waals surface area contributed by atoms with Crippen molar-refractivity contribution in [1.82, 2.24) is 4.90 Å². The molecule has 3 heteroatoms. The van der Waals surface area contributed by atoms with Gasteiger partial charge in [0, 0.05) is 13.0 Å². The van der Waals surface area contributed by atoms with Crippen LogP contribution in [0.4, 0.5) is 0 Å². The molecule has 0 amide bonds. The minimum Gasteiger partial charge on any atom is -0.303 e. The van der Waals surface area contributed by atoms with E-state index in [2.05, 4.69) is 60.4 Å². The number of benzene rings is 2. The van der Waals surface area contributed by atoms with Gasteiger partial charge in [0.1, 0.15) is 5.78 Å². The summed E-state index contributed by atoms with van der Waals surface area (Å²) in [6.07, 6.45) is 5.77. The highest BCUT2D eigenvalue weighted by Crippen LogP contribution is 2.41. The molecule has 0 aliphatic carbocycles. The molecule has 2 aromatic carbocycles. The number of rotatable bonds is 7. The lowest BCUT2D eigenvalue weighted by atomic mass is 9.63. The zero-order valence-corrected chi connectivity index (χ0v) is 18.1. The predicted molar refractivity (Wildman–Crippen MR) is 120 cm³/mol. The highest BCUT2D eigenvalue weighted by molar-refractivity contribution is 5.94. The Morgan fingerprint density at radius 3 is 1.79 bits per heavy atom. The quantitative estimate of drug-likeness (QED) is 0.578. The number of nitrogens with zero attached hydrogens (tertiary/aromatic N) is 1. The molecular weight excluding hydrogens is 366 g/mol. The van der Waals surface area contributed by atoms with Crippen molar-refractivity contribution in [2.75, 3.05) is 19.6 Å². The lowest BCUT2D eigenvalue weighted by Crippen LogP contribution is -2.47. The van der Waals surface area contributed by atoms with E-state index in [1.54, 1.807) is 0 Å². The second-order valence-corrected chi connectivity index (χ2v) is 7.93. The Hall–Kier alpha value is -1.64. The van der Waals surface area contributed by atoms with E-state index in [9.17, 15) is 4.79 Å². The van der Waals surface area contributed by atoms with Gasteiger partial charge in [0.25, 0.3) is 0 Å². The first kappa shape index (κ1) is 22.6. The molecule has 0 bridgehead atoms. The Kier molecular flexibility index (Phi) is 8.72. The number of carbonyl (C=O) groups is 1. The van der Waals surface area contributed by atoms with Crippen LogP contribution < -0.4 is 0 Å². The lowest BCUT2D eigenvalue weighted by Gasteiger charge is -2.41. The maximum Gasteiger partial charge on any atom is 0.147 e. The van der Waals surface area contributed by atoms with E-state index in [-0.39, 0.29) is 18.3 Å². The van der Waals surface area contributed by atoms with Crippen molar-refractivity contribution in [3.05, 3.63) is 71.8 Å². The normalized spacial score (nSPS) is 16.6. The second-order valence-electron chi connectivity index (χ2n) is 7.93. The van der Waals surface area contributed by atoms with Crippen LogP contribution in [-0.4, -0.2) is 30.3 Å². The summed E-state index contributed by atoms with van der Waals surface area (Å²) in [6.45, 7) is 7.56. The Morgan fingerprint density at radius 2 is 1.36 bits per heavy atom. The Labute approximate surface area is 176 Å². The molecule has 1 fully saturated rings. The van der Waals surface area contributed by atoms with Crippen LogP contribution in [-0.2, 0) is 10.2 Å². The third kappa shape index (κ3) is 4.67. The minimum atomic E-state index is -0.580. The summed E-state index contributed by atoms with van der Waals surface area (Å²) < 4.78 is 0. The van der Waals surface area contributed by atoms with Crippen LogP contribution in [0.1, 0.15) is 57.1 Å². The molecule has 0 radical (unpaired) electrons. The lowest BCUT2D eigenvalue weighted by molar-refractivity contribution is -0.124. The Bertz CT molecular complexity index is 668. The molecule has 0 N–H and O–H groups in total. The van der Waals surface area contributed by atoms with Crippen LogP contribution in [0, 0.1) is 5.92 Å². The van der Waals surface area contributed by atoms with E-state index < -0.39 is 5.41 Å². The van der Waals surface area contributed by atoms with Crippen LogP contribution in [0.15, 0.2) is 60.7 Å². The highest BCUT2D eigenvalue weighted by atomic mass is 35.5. The SMILES string of the molecule is CCC(=O)C(c1ccccc1)(c1ccccc1)C(C)CN1CCCCCC1.Cl. The fourth-order valence-corrected chi connectivity index (χ4v) is 4.86. The summed E-state index contributed by atoms with van der Waals surface area (Å²) in [5.41, 5.74) is 1.68. The van der Waals surface area contributed by atoms with Crippen molar-refractivity contribution in [3.63, 3.8) is 0 Å². The molecule has 152 valence electrons. The zero-order chi connectivity index (χ0) is 19.1. The van der Waals surface area contributed by atoms with Gasteiger partial charge in [0.15, 0.2) is 0 Å². The van der Waals surface area contributed by atoms with Crippen LogP contribution in [0.25, 0.3) is 0 Å². The molecule has 0 saturated carbocycles. The third-order valence-corrected chi connectivity index (χ3v) is 6.19. The zero-order valence-electron chi connectivity index (χ0n) is 17.3. The van der Waals surface area contributed by atoms with Crippen molar-refractivity contribution in [1.29, 1.82) is 0 Å². The summed E-state index contributed by atoms with van der Waals surface area (Å²) in [4.78, 5) is 16.2. The smallest absolute Gasteiger partial charge is 0.147 e. The molecule has 0 spiro atoms. The van der Waals surface area contributed by atoms with Crippen LogP contribution >= 0.6 is 12.4 Å². The minimum absolute atomic E-state index is 0. The van der Waals surface area contributed by atoms with Gasteiger partial charge >= 0.3 is 0 Å². The maximum absolute atomic E-state index is 13.6. The molecule has 1 aliphatic heterocycles. The largest absolute Gasteiger partial charge is 0.303 e. The number of ketones is 1. The van der Waals surface area contributed by atoms with E-state index in [1.165, 1.54) is 25.7 Å². The molecular formula is C25H34ClNO. The Morgan fingerprint density at radius 1 is 0.893 bits per heavy atom. The van der Waals surface area contributed by atoms with Gasteiger partial charge < -0.3 is 4.90 Å². The number of hydrogen-bond donors (Lipinski definition) is 0. The van der Waals surface area contributed by atoms with E-state index in [1.807, 2.05) is 19.1 Å². The van der Waals surface area contributed by atoms with Crippen molar-refractivity contribution >= 4 is 18.2 Å². The van der Waals surface area contributed by atoms with E-state index in [0.717, 1.165) is 30.8 Å². The molecule has 1 atom stereocenters. The highest BCUT2D eigenvalue weighted by Gasteiger charge is 2.45. The second kappa shape index (κ2) is 10.8. The van der Waals surface area contributed by atoms with Gasteiger partial charge in [0.05, 0.1) is 5.41 Å². The molecule has 2 aromatic rings. The molecule has 2 nitrogen and oxygen atoms in total. The van der Waals surface area contributed by atoms with Gasteiger partial charge in [0.2, 0.25) is 0 Å². The van der Waals surface area contributed by atoms with Gasteiger partial charge in [-0.3, -0.25) is 4.79 Å². The first-order valence-corrected chi connectivity index (χ1v) is 10.6. The van der Waals surface area contributed by atoms with Gasteiger partial charge in [-0.2, -0.15) is 0 Å². The van der Waals surface area contributed by atoms with Crippen molar-refractivity contribution in [2.45, 2.75) is 51.4 Å². The maximum atomic E-state index is 13.6. The average molecular weight is 400 g/mol. The number of hydrogen-bond acceptors (Lipinski definition) is 2. The van der Waals surface area contributed by atoms with Crippen LogP contribution in [0.3, 0.4) is 0 Å². The third-order valence-electron chi connectivity index (χ3n) is 6.19. The van der Waals surface area contributed by atoms with Crippen molar-refractivity contribution in [3.8, 4) is 0 Å². The fourth-order valence-electron chi connectivity index (χ4n) is 4.86. The molecule has 3 rings (SSSR count).